The van der Waals surface area contributed by atoms with E-state index in [2.05, 4.69) is 67.8 Å². The van der Waals surface area contributed by atoms with Gasteiger partial charge in [-0.15, -0.1) is 0 Å². The van der Waals surface area contributed by atoms with E-state index in [1.54, 1.807) is 0 Å². The highest BCUT2D eigenvalue weighted by Crippen LogP contribution is 2.10. The van der Waals surface area contributed by atoms with Crippen LogP contribution < -0.4 is 82.3 Å². The minimum Gasteiger partial charge on any atom is -0.480 e. The predicted molar refractivity (Wildman–Crippen MR) is 276 cm³/mol. The Balaban J connectivity index is 2.33. The molecule has 0 radical (unpaired) electrons. The van der Waals surface area contributed by atoms with Gasteiger partial charge in [-0.1, -0.05) is 0 Å². The summed E-state index contributed by atoms with van der Waals surface area (Å²) in [4.78, 5) is 159. The highest BCUT2D eigenvalue weighted by molar-refractivity contribution is 5.98. The van der Waals surface area contributed by atoms with Gasteiger partial charge in [0.25, 0.3) is 0 Å². The van der Waals surface area contributed by atoms with Crippen molar-refractivity contribution in [1.29, 1.82) is 0 Å². The van der Waals surface area contributed by atoms with E-state index in [9.17, 15) is 57.8 Å². The van der Waals surface area contributed by atoms with Crippen molar-refractivity contribution in [3.63, 3.8) is 0 Å². The number of carboxylic acids is 1. The minimum absolute atomic E-state index is 0.00989. The second-order valence-electron chi connectivity index (χ2n) is 18.0. The molecule has 7 atom stereocenters. The lowest BCUT2D eigenvalue weighted by atomic mass is 10.0. The zero-order valence-corrected chi connectivity index (χ0v) is 43.2. The maximum absolute atomic E-state index is 14.3. The summed E-state index contributed by atoms with van der Waals surface area (Å²) < 4.78 is 0. The largest absolute Gasteiger partial charge is 0.480 e. The number of nitrogens with one attached hydrogen (secondary N) is 11. The van der Waals surface area contributed by atoms with Crippen LogP contribution >= 0.6 is 0 Å². The number of primary amides is 1. The predicted octanol–water partition coefficient (Wildman–Crippen LogP) is -7.02. The molecule has 0 aromatic carbocycles. The molecule has 0 fully saturated rings. The third-order valence-corrected chi connectivity index (χ3v) is 11.7. The number of amides is 10. The van der Waals surface area contributed by atoms with Crippen molar-refractivity contribution in [2.24, 2.45) is 34.4 Å². The van der Waals surface area contributed by atoms with Crippen molar-refractivity contribution < 1.29 is 57.8 Å². The molecular formula is C46H79N19O12. The zero-order chi connectivity index (χ0) is 57.1. The van der Waals surface area contributed by atoms with Gasteiger partial charge in [-0.2, -0.15) is 0 Å². The van der Waals surface area contributed by atoms with Gasteiger partial charge in [0, 0.05) is 36.6 Å². The molecule has 0 aliphatic carbocycles. The second kappa shape index (κ2) is 37.2. The second-order valence-corrected chi connectivity index (χ2v) is 18.0. The number of unbranched alkanes of at least 4 members (excludes halogenated alkanes) is 4. The molecule has 10 amide bonds. The number of H-pyrrole nitrogens is 2. The molecule has 0 bridgehead atoms. The Hall–Kier alpha value is -7.61. The first-order chi connectivity index (χ1) is 36.8. The van der Waals surface area contributed by atoms with Crippen LogP contribution in [0.5, 0.6) is 0 Å². The van der Waals surface area contributed by atoms with Crippen LogP contribution in [0.3, 0.4) is 0 Å². The molecule has 2 aromatic rings. The standard InChI is InChI=1S/C46H79N19O12/c47-13-5-1-9-29(40(70)55-24-39(69)60-32(46(76)77)12-4-8-16-50)62-45(75)35(19-36(52)66)65-43(73)31(11-3-7-15-49)63-44(74)34(18-28-22-54-26-58-28)64-42(72)30(10-2-6-14-48)59-38(68)23-56-41(71)33(61-37(67)20-51)17-27-21-53-25-57-27/h21-22,25-26,29-35H,1-20,23-24,47-51H2,(H2,52,66)(H,53,57)(H,54,58)(H,55,70)(H,56,71)(H,59,68)(H,60,69)(H,61,67)(H,62,75)(H,63,74)(H,64,72)(H,65,73)(H,76,77)/t29-,30-,31-,32-,33-,34-,35-/m0/s1. The summed E-state index contributed by atoms with van der Waals surface area (Å²) >= 11 is 0. The first-order valence-electron chi connectivity index (χ1n) is 25.5. The Labute approximate surface area is 445 Å². The van der Waals surface area contributed by atoms with Gasteiger partial charge < -0.3 is 97.3 Å². The van der Waals surface area contributed by atoms with E-state index in [1.165, 1.54) is 25.0 Å². The summed E-state index contributed by atoms with van der Waals surface area (Å²) in [5, 5.41) is 31.9. The first-order valence-corrected chi connectivity index (χ1v) is 25.5. The molecule has 2 rings (SSSR count). The third-order valence-electron chi connectivity index (χ3n) is 11.7. The molecule has 0 unspecified atom stereocenters. The molecule has 31 heteroatoms. The van der Waals surface area contributed by atoms with Crippen molar-refractivity contribution in [3.8, 4) is 0 Å². The number of rotatable bonds is 41. The number of aromatic amines is 2. The maximum atomic E-state index is 14.3. The van der Waals surface area contributed by atoms with Gasteiger partial charge >= 0.3 is 5.97 Å². The summed E-state index contributed by atoms with van der Waals surface area (Å²) in [6, 6.07) is -9.59. The van der Waals surface area contributed by atoms with Crippen LogP contribution in [-0.2, 0) is 65.6 Å². The van der Waals surface area contributed by atoms with Crippen LogP contribution in [0.2, 0.25) is 0 Å². The van der Waals surface area contributed by atoms with Gasteiger partial charge in [-0.3, -0.25) is 47.9 Å². The third kappa shape index (κ3) is 26.6. The Morgan fingerprint density at radius 2 is 0.779 bits per heavy atom. The van der Waals surface area contributed by atoms with Crippen molar-refractivity contribution in [3.05, 3.63) is 36.4 Å². The number of hydrogen-bond acceptors (Lipinski definition) is 18. The number of carbonyl (C=O) groups is 11. The maximum Gasteiger partial charge on any atom is 0.326 e. The van der Waals surface area contributed by atoms with E-state index in [4.69, 9.17) is 34.4 Å². The fourth-order valence-corrected chi connectivity index (χ4v) is 7.51. The number of hydrogen-bond donors (Lipinski definition) is 18. The van der Waals surface area contributed by atoms with Gasteiger partial charge in [0.05, 0.1) is 38.7 Å². The van der Waals surface area contributed by atoms with Crippen molar-refractivity contribution in [2.75, 3.05) is 45.8 Å². The lowest BCUT2D eigenvalue weighted by molar-refractivity contribution is -0.142. The fourth-order valence-electron chi connectivity index (χ4n) is 7.51. The smallest absolute Gasteiger partial charge is 0.326 e. The summed E-state index contributed by atoms with van der Waals surface area (Å²) in [5.74, 6) is -9.89. The van der Waals surface area contributed by atoms with E-state index in [1.807, 2.05) is 0 Å². The molecule has 2 aromatic heterocycles. The number of nitrogens with zero attached hydrogens (tertiary/aromatic N) is 2. The van der Waals surface area contributed by atoms with Crippen LogP contribution in [0.4, 0.5) is 0 Å². The average Bonchev–Trinajstić information content (AvgIpc) is 4.12. The number of aromatic nitrogens is 4. The summed E-state index contributed by atoms with van der Waals surface area (Å²) in [6.07, 6.45) is 7.77. The molecule has 0 aliphatic rings. The van der Waals surface area contributed by atoms with Crippen molar-refractivity contribution in [1.82, 2.24) is 67.8 Å². The topological polar surface area (TPSA) is 530 Å². The number of carboxylic acid groups (broad SMARTS) is 1. The fraction of sp³-hybridized carbons (Fsp3) is 0.630. The SMILES string of the molecule is NCCCC[C@H](NC(=O)CNC(=O)[C@H](CCCCN)NC(=O)[C@H](CC(N)=O)NC(=O)[C@H](CCCCN)NC(=O)[C@H](Cc1cnc[nH]1)NC(=O)[C@H](CCCCN)NC(=O)CNC(=O)[C@H](Cc1cnc[nH]1)NC(=O)CN)C(=O)O. The van der Waals surface area contributed by atoms with Gasteiger partial charge in [-0.05, 0) is 103 Å². The molecule has 0 aliphatic heterocycles. The quantitative estimate of drug-likeness (QED) is 0.0275. The van der Waals surface area contributed by atoms with Crippen LogP contribution in [0.15, 0.2) is 25.0 Å². The van der Waals surface area contributed by atoms with Crippen molar-refractivity contribution >= 4 is 65.0 Å². The number of carbonyl (C=O) groups excluding carboxylic acids is 10. The van der Waals surface area contributed by atoms with Crippen LogP contribution in [-0.4, -0.2) is 178 Å². The molecule has 77 heavy (non-hydrogen) atoms. The lowest BCUT2D eigenvalue weighted by Crippen LogP contribution is -2.60. The minimum atomic E-state index is -1.71. The van der Waals surface area contributed by atoms with Crippen LogP contribution in [0.25, 0.3) is 0 Å². The highest BCUT2D eigenvalue weighted by atomic mass is 16.4. The molecule has 2 heterocycles. The van der Waals surface area contributed by atoms with Crippen LogP contribution in [0.1, 0.15) is 94.9 Å². The van der Waals surface area contributed by atoms with Gasteiger partial charge in [0.2, 0.25) is 59.1 Å². The number of aliphatic carboxylic acids is 1. The van der Waals surface area contributed by atoms with Gasteiger partial charge in [-0.25, -0.2) is 14.8 Å². The van der Waals surface area contributed by atoms with Gasteiger partial charge in [0.15, 0.2) is 0 Å². The molecular weight excluding hydrogens is 1010 g/mol. The zero-order valence-electron chi connectivity index (χ0n) is 43.2. The summed E-state index contributed by atoms with van der Waals surface area (Å²) in [7, 11) is 0. The molecule has 430 valence electrons. The molecule has 31 nitrogen and oxygen atoms in total. The summed E-state index contributed by atoms with van der Waals surface area (Å²) in [6.45, 7) is -0.677. The van der Waals surface area contributed by atoms with E-state index < -0.39 is 133 Å². The Morgan fingerprint density at radius 3 is 1.18 bits per heavy atom. The van der Waals surface area contributed by atoms with Gasteiger partial charge in [0.1, 0.15) is 42.3 Å². The Kier molecular flexibility index (Phi) is 31.6. The Morgan fingerprint density at radius 1 is 0.442 bits per heavy atom. The van der Waals surface area contributed by atoms with Crippen molar-refractivity contribution in [2.45, 2.75) is 139 Å². The first kappa shape index (κ1) is 65.5. The number of nitrogens with two attached hydrogens (primary N) is 6. The molecule has 0 saturated carbocycles. The summed E-state index contributed by atoms with van der Waals surface area (Å²) in [5.41, 5.74) is 34.4. The van der Waals surface area contributed by atoms with E-state index in [0.717, 1.165) is 0 Å². The number of imidazole rings is 2. The normalized spacial score (nSPS) is 13.7. The van der Waals surface area contributed by atoms with E-state index >= 15 is 0 Å². The van der Waals surface area contributed by atoms with E-state index in [-0.39, 0.29) is 64.6 Å². The van der Waals surface area contributed by atoms with E-state index in [0.29, 0.717) is 62.9 Å². The monoisotopic (exact) mass is 1090 g/mol. The molecule has 0 spiro atoms. The van der Waals surface area contributed by atoms with Crippen LogP contribution in [0, 0.1) is 0 Å². The average molecular weight is 1090 g/mol. The molecule has 0 saturated heterocycles. The lowest BCUT2D eigenvalue weighted by Gasteiger charge is -2.27. The molecule has 24 N–H and O–H groups in total. The Bertz CT molecular complexity index is 2180. The highest BCUT2D eigenvalue weighted by Gasteiger charge is 2.34.